The van der Waals surface area contributed by atoms with E-state index in [0.29, 0.717) is 19.4 Å². The smallest absolute Gasteiger partial charge is 0.307 e. The van der Waals surface area contributed by atoms with Crippen molar-refractivity contribution in [3.05, 3.63) is 18.7 Å². The molecule has 1 unspecified atom stereocenters. The van der Waals surface area contributed by atoms with Gasteiger partial charge in [0.05, 0.1) is 12.7 Å². The van der Waals surface area contributed by atoms with Crippen molar-refractivity contribution in [3.63, 3.8) is 0 Å². The molecule has 0 radical (unpaired) electrons. The molecular weight excluding hydrogens is 294 g/mol. The normalized spacial score (nSPS) is 18.2. The first-order valence-corrected chi connectivity index (χ1v) is 8.50. The predicted molar refractivity (Wildman–Crippen MR) is 86.9 cm³/mol. The van der Waals surface area contributed by atoms with Crippen LogP contribution < -0.4 is 0 Å². The molecule has 0 saturated carbocycles. The van der Waals surface area contributed by atoms with Crippen molar-refractivity contribution < 1.29 is 14.3 Å². The lowest BCUT2D eigenvalue weighted by molar-refractivity contribution is -0.148. The van der Waals surface area contributed by atoms with Crippen molar-refractivity contribution in [2.45, 2.75) is 58.1 Å². The van der Waals surface area contributed by atoms with Gasteiger partial charge in [-0.15, -0.1) is 0 Å². The minimum Gasteiger partial charge on any atom is -0.461 e. The molecule has 1 saturated heterocycles. The lowest BCUT2D eigenvalue weighted by Crippen LogP contribution is -2.26. The third kappa shape index (κ3) is 6.95. The third-order valence-corrected chi connectivity index (χ3v) is 4.16. The number of esters is 1. The molecule has 6 heteroatoms. The van der Waals surface area contributed by atoms with Gasteiger partial charge in [-0.3, -0.25) is 9.69 Å². The van der Waals surface area contributed by atoms with Gasteiger partial charge in [0.25, 0.3) is 0 Å². The van der Waals surface area contributed by atoms with Gasteiger partial charge in [0.2, 0.25) is 0 Å². The van der Waals surface area contributed by atoms with Gasteiger partial charge in [0, 0.05) is 38.4 Å². The summed E-state index contributed by atoms with van der Waals surface area (Å²) in [5.41, 5.74) is 0. The van der Waals surface area contributed by atoms with Gasteiger partial charge < -0.3 is 14.1 Å². The number of aryl methyl sites for hydroxylation is 1. The number of carbonyl (C=O) groups excluding carboxylic acids is 2. The predicted octanol–water partition coefficient (Wildman–Crippen LogP) is 2.04. The van der Waals surface area contributed by atoms with Gasteiger partial charge in [-0.05, 0) is 32.7 Å². The maximum absolute atomic E-state index is 11.9. The van der Waals surface area contributed by atoms with E-state index < -0.39 is 0 Å². The first-order chi connectivity index (χ1) is 11.1. The van der Waals surface area contributed by atoms with Crippen LogP contribution in [-0.2, 0) is 20.9 Å². The maximum Gasteiger partial charge on any atom is 0.307 e. The van der Waals surface area contributed by atoms with Gasteiger partial charge in [-0.25, -0.2) is 4.98 Å². The van der Waals surface area contributed by atoms with Crippen molar-refractivity contribution in [2.24, 2.45) is 0 Å². The fourth-order valence-corrected chi connectivity index (χ4v) is 2.87. The van der Waals surface area contributed by atoms with Crippen molar-refractivity contribution >= 4 is 11.8 Å². The number of hydrogen-bond donors (Lipinski definition) is 0. The van der Waals surface area contributed by atoms with E-state index in [1.54, 1.807) is 19.4 Å². The number of hydrogen-bond acceptors (Lipinski definition) is 5. The molecule has 0 N–H and O–H groups in total. The minimum atomic E-state index is -0.132. The Morgan fingerprint density at radius 3 is 2.83 bits per heavy atom. The topological polar surface area (TPSA) is 64.4 Å². The van der Waals surface area contributed by atoms with Crippen LogP contribution in [-0.4, -0.2) is 51.9 Å². The van der Waals surface area contributed by atoms with Gasteiger partial charge in [-0.1, -0.05) is 6.42 Å². The van der Waals surface area contributed by atoms with E-state index in [9.17, 15) is 9.59 Å². The summed E-state index contributed by atoms with van der Waals surface area (Å²) >= 11 is 0. The fraction of sp³-hybridized carbons (Fsp3) is 0.706. The number of rotatable bonds is 10. The fourth-order valence-electron chi connectivity index (χ4n) is 2.87. The Morgan fingerprint density at radius 1 is 1.22 bits per heavy atom. The molecule has 1 aliphatic heterocycles. The van der Waals surface area contributed by atoms with Crippen LogP contribution in [0.4, 0.5) is 0 Å². The Kier molecular flexibility index (Phi) is 7.26. The molecule has 0 spiro atoms. The van der Waals surface area contributed by atoms with E-state index in [2.05, 4.69) is 9.88 Å². The summed E-state index contributed by atoms with van der Waals surface area (Å²) in [6, 6.07) is 0. The van der Waals surface area contributed by atoms with Gasteiger partial charge in [-0.2, -0.15) is 0 Å². The van der Waals surface area contributed by atoms with E-state index in [0.717, 1.165) is 45.3 Å². The minimum absolute atomic E-state index is 0.0301. The highest BCUT2D eigenvalue weighted by Gasteiger charge is 2.24. The number of unbranched alkanes of at least 4 members (excludes halogenated alkanes) is 2. The molecule has 128 valence electrons. The average Bonchev–Trinajstić information content (AvgIpc) is 3.16. The van der Waals surface area contributed by atoms with Crippen LogP contribution in [0.2, 0.25) is 0 Å². The van der Waals surface area contributed by atoms with E-state index >= 15 is 0 Å². The van der Waals surface area contributed by atoms with Crippen LogP contribution in [0.5, 0.6) is 0 Å². The quantitative estimate of drug-likeness (QED) is 0.487. The molecule has 1 aromatic heterocycles. The van der Waals surface area contributed by atoms with Crippen LogP contribution in [0, 0.1) is 0 Å². The monoisotopic (exact) mass is 321 g/mol. The molecule has 0 amide bonds. The standard InChI is InChI=1S/C17H27N3O3/c1-15(21)5-3-2-4-9-19-10-6-16(13-19)23-17(22)7-11-20-12-8-18-14-20/h8,12,14,16H,2-7,9-11,13H2,1H3. The van der Waals surface area contributed by atoms with Crippen molar-refractivity contribution in [1.82, 2.24) is 14.5 Å². The molecule has 0 aromatic carbocycles. The van der Waals surface area contributed by atoms with Gasteiger partial charge >= 0.3 is 5.97 Å². The summed E-state index contributed by atoms with van der Waals surface area (Å²) in [5, 5.41) is 0. The molecule has 6 nitrogen and oxygen atoms in total. The second-order valence-electron chi connectivity index (χ2n) is 6.26. The average molecular weight is 321 g/mol. The molecule has 2 rings (SSSR count). The molecule has 0 aliphatic carbocycles. The number of Topliss-reactive ketones (excluding diaryl/α,β-unsaturated/α-hetero) is 1. The molecule has 2 heterocycles. The zero-order valence-electron chi connectivity index (χ0n) is 13.9. The lowest BCUT2D eigenvalue weighted by atomic mass is 10.1. The number of carbonyl (C=O) groups is 2. The van der Waals surface area contributed by atoms with Crippen LogP contribution in [0.3, 0.4) is 0 Å². The molecule has 1 aliphatic rings. The first kappa shape index (κ1) is 17.7. The summed E-state index contributed by atoms with van der Waals surface area (Å²) in [7, 11) is 0. The van der Waals surface area contributed by atoms with Gasteiger partial charge in [0.15, 0.2) is 0 Å². The third-order valence-electron chi connectivity index (χ3n) is 4.16. The second-order valence-corrected chi connectivity index (χ2v) is 6.26. The van der Waals surface area contributed by atoms with Crippen molar-refractivity contribution in [2.75, 3.05) is 19.6 Å². The zero-order valence-corrected chi connectivity index (χ0v) is 13.9. The first-order valence-electron chi connectivity index (χ1n) is 8.50. The Labute approximate surface area is 137 Å². The summed E-state index contributed by atoms with van der Waals surface area (Å²) in [6.45, 7) is 5.12. The zero-order chi connectivity index (χ0) is 16.5. The highest BCUT2D eigenvalue weighted by molar-refractivity contribution is 5.75. The van der Waals surface area contributed by atoms with E-state index in [1.807, 2.05) is 10.8 Å². The Balaban J connectivity index is 1.54. The molecular formula is C17H27N3O3. The Morgan fingerprint density at radius 2 is 2.09 bits per heavy atom. The number of likely N-dealkylation sites (tertiary alicyclic amines) is 1. The summed E-state index contributed by atoms with van der Waals surface area (Å²) in [5.74, 6) is 0.140. The maximum atomic E-state index is 11.9. The van der Waals surface area contributed by atoms with Crippen molar-refractivity contribution in [3.8, 4) is 0 Å². The number of nitrogens with zero attached hydrogens (tertiary/aromatic N) is 3. The molecule has 1 atom stereocenters. The Hall–Kier alpha value is -1.69. The van der Waals surface area contributed by atoms with E-state index in [-0.39, 0.29) is 17.9 Å². The Bertz CT molecular complexity index is 487. The summed E-state index contributed by atoms with van der Waals surface area (Å²) < 4.78 is 7.42. The SMILES string of the molecule is CC(=O)CCCCCN1CCC(OC(=O)CCn2ccnc2)C1. The molecule has 1 aromatic rings. The lowest BCUT2D eigenvalue weighted by Gasteiger charge is -2.16. The molecule has 23 heavy (non-hydrogen) atoms. The second kappa shape index (κ2) is 9.45. The number of ketones is 1. The molecule has 0 bridgehead atoms. The van der Waals surface area contributed by atoms with Crippen LogP contribution >= 0.6 is 0 Å². The van der Waals surface area contributed by atoms with Gasteiger partial charge in [0.1, 0.15) is 11.9 Å². The largest absolute Gasteiger partial charge is 0.461 e. The van der Waals surface area contributed by atoms with E-state index in [4.69, 9.17) is 4.74 Å². The summed E-state index contributed by atoms with van der Waals surface area (Å²) in [6.07, 6.45) is 10.5. The van der Waals surface area contributed by atoms with E-state index in [1.165, 1.54) is 0 Å². The van der Waals surface area contributed by atoms with Crippen LogP contribution in [0.15, 0.2) is 18.7 Å². The number of ether oxygens (including phenoxy) is 1. The highest BCUT2D eigenvalue weighted by atomic mass is 16.5. The number of aromatic nitrogens is 2. The van der Waals surface area contributed by atoms with Crippen LogP contribution in [0.1, 0.15) is 45.4 Å². The number of imidazole rings is 1. The van der Waals surface area contributed by atoms with Crippen LogP contribution in [0.25, 0.3) is 0 Å². The highest BCUT2D eigenvalue weighted by Crippen LogP contribution is 2.15. The van der Waals surface area contributed by atoms with Crippen molar-refractivity contribution in [1.29, 1.82) is 0 Å². The summed E-state index contributed by atoms with van der Waals surface area (Å²) in [4.78, 5) is 29.0. The molecule has 1 fully saturated rings.